The summed E-state index contributed by atoms with van der Waals surface area (Å²) in [7, 11) is 0. The molecule has 2 rings (SSSR count). The Balaban J connectivity index is 0.000000845. The molecule has 72 valence electrons. The smallest absolute Gasteiger partial charge is 0.0399 e. The minimum Gasteiger partial charge on any atom is -0.370 e. The maximum absolute atomic E-state index is 3.47. The molecule has 0 aliphatic carbocycles. The fourth-order valence-corrected chi connectivity index (χ4v) is 2.17. The molecule has 1 nitrogen and oxygen atoms in total. The molecular formula is C10H13Br2N. The summed E-state index contributed by atoms with van der Waals surface area (Å²) < 4.78 is 0. The molecule has 0 amide bonds. The number of hydrogen-bond acceptors (Lipinski definition) is 1. The first-order valence-corrected chi connectivity index (χ1v) is 5.43. The molecule has 0 saturated heterocycles. The second-order valence-corrected chi connectivity index (χ2v) is 3.85. The Bertz CT molecular complexity index is 273. The van der Waals surface area contributed by atoms with E-state index in [2.05, 4.69) is 45.1 Å². The minimum absolute atomic E-state index is 0. The van der Waals surface area contributed by atoms with E-state index in [0.717, 1.165) is 11.9 Å². The van der Waals surface area contributed by atoms with Crippen molar-refractivity contribution in [1.82, 2.24) is 0 Å². The Morgan fingerprint density at radius 3 is 2.85 bits per heavy atom. The summed E-state index contributed by atoms with van der Waals surface area (Å²) in [6.45, 7) is 2.31. The van der Waals surface area contributed by atoms with Crippen LogP contribution >= 0.6 is 32.9 Å². The Hall–Kier alpha value is -0.0200. The van der Waals surface area contributed by atoms with E-state index in [0.29, 0.717) is 0 Å². The Kier molecular flexibility index (Phi) is 4.26. The zero-order valence-electron chi connectivity index (χ0n) is 7.37. The predicted octanol–water partition coefficient (Wildman–Crippen LogP) is 3.02. The zero-order valence-corrected chi connectivity index (χ0v) is 10.7. The molecule has 3 heteroatoms. The number of halogens is 2. The molecule has 1 aliphatic heterocycles. The summed E-state index contributed by atoms with van der Waals surface area (Å²) in [5, 5.41) is 1.06. The molecule has 0 fully saturated rings. The maximum Gasteiger partial charge on any atom is 0.0399 e. The first-order valence-electron chi connectivity index (χ1n) is 4.30. The predicted molar refractivity (Wildman–Crippen MR) is 66.5 cm³/mol. The third kappa shape index (κ3) is 2.26. The second kappa shape index (κ2) is 5.01. The van der Waals surface area contributed by atoms with Crippen molar-refractivity contribution in [1.29, 1.82) is 0 Å². The molecule has 0 aromatic heterocycles. The average Bonchev–Trinajstić information content (AvgIpc) is 2.50. The molecule has 0 atom stereocenters. The molecule has 0 N–H and O–H groups in total. The van der Waals surface area contributed by atoms with Crippen LogP contribution in [0.3, 0.4) is 0 Å². The number of anilines is 1. The Morgan fingerprint density at radius 2 is 2.08 bits per heavy atom. The van der Waals surface area contributed by atoms with Gasteiger partial charge in [-0.3, -0.25) is 0 Å². The third-order valence-electron chi connectivity index (χ3n) is 2.34. The van der Waals surface area contributed by atoms with Crippen molar-refractivity contribution in [3.63, 3.8) is 0 Å². The fourth-order valence-electron chi connectivity index (χ4n) is 1.74. The van der Waals surface area contributed by atoms with Crippen LogP contribution in [0.1, 0.15) is 5.56 Å². The van der Waals surface area contributed by atoms with Crippen molar-refractivity contribution in [2.75, 3.05) is 23.3 Å². The SMILES string of the molecule is Br.BrCCN1CCc2ccccc21. The zero-order chi connectivity index (χ0) is 8.39. The van der Waals surface area contributed by atoms with Crippen molar-refractivity contribution in [2.24, 2.45) is 0 Å². The number of fused-ring (bicyclic) bond motifs is 1. The molecule has 0 radical (unpaired) electrons. The van der Waals surface area contributed by atoms with E-state index in [-0.39, 0.29) is 17.0 Å². The number of benzene rings is 1. The largest absolute Gasteiger partial charge is 0.370 e. The van der Waals surface area contributed by atoms with Crippen LogP contribution < -0.4 is 4.90 Å². The van der Waals surface area contributed by atoms with Crippen LogP contribution in [0.25, 0.3) is 0 Å². The molecule has 1 aromatic rings. The van der Waals surface area contributed by atoms with Crippen LogP contribution in [0.2, 0.25) is 0 Å². The maximum atomic E-state index is 3.47. The van der Waals surface area contributed by atoms with Gasteiger partial charge in [0.25, 0.3) is 0 Å². The van der Waals surface area contributed by atoms with E-state index in [1.807, 2.05) is 0 Å². The van der Waals surface area contributed by atoms with Gasteiger partial charge in [-0.2, -0.15) is 0 Å². The number of para-hydroxylation sites is 1. The normalized spacial score (nSPS) is 13.8. The van der Waals surface area contributed by atoms with E-state index < -0.39 is 0 Å². The van der Waals surface area contributed by atoms with Gasteiger partial charge in [0, 0.05) is 24.1 Å². The Morgan fingerprint density at radius 1 is 1.31 bits per heavy atom. The van der Waals surface area contributed by atoms with Crippen molar-refractivity contribution < 1.29 is 0 Å². The number of nitrogens with zero attached hydrogens (tertiary/aromatic N) is 1. The lowest BCUT2D eigenvalue weighted by molar-refractivity contribution is 0.876. The lowest BCUT2D eigenvalue weighted by Crippen LogP contribution is -2.22. The van der Waals surface area contributed by atoms with Gasteiger partial charge in [-0.05, 0) is 18.1 Å². The minimum atomic E-state index is 0. The lowest BCUT2D eigenvalue weighted by Gasteiger charge is -2.17. The van der Waals surface area contributed by atoms with Gasteiger partial charge in [-0.1, -0.05) is 34.1 Å². The summed E-state index contributed by atoms with van der Waals surface area (Å²) in [6, 6.07) is 8.68. The molecule has 1 aliphatic rings. The van der Waals surface area contributed by atoms with Crippen LogP contribution in [0, 0.1) is 0 Å². The van der Waals surface area contributed by atoms with E-state index in [4.69, 9.17) is 0 Å². The fraction of sp³-hybridized carbons (Fsp3) is 0.400. The topological polar surface area (TPSA) is 3.24 Å². The van der Waals surface area contributed by atoms with Crippen molar-refractivity contribution in [2.45, 2.75) is 6.42 Å². The standard InChI is InChI=1S/C10H12BrN.BrH/c11-6-8-12-7-5-9-3-1-2-4-10(9)12;/h1-4H,5-8H2;1H. The van der Waals surface area contributed by atoms with Crippen LogP contribution in [0.5, 0.6) is 0 Å². The number of alkyl halides is 1. The first kappa shape index (κ1) is 11.1. The lowest BCUT2D eigenvalue weighted by atomic mass is 10.2. The van der Waals surface area contributed by atoms with Crippen LogP contribution in [-0.4, -0.2) is 18.4 Å². The molecule has 0 unspecified atom stereocenters. The van der Waals surface area contributed by atoms with E-state index in [9.17, 15) is 0 Å². The average molecular weight is 307 g/mol. The molecule has 0 spiro atoms. The van der Waals surface area contributed by atoms with Crippen LogP contribution in [0.15, 0.2) is 24.3 Å². The highest BCUT2D eigenvalue weighted by atomic mass is 79.9. The summed E-state index contributed by atoms with van der Waals surface area (Å²) in [4.78, 5) is 2.43. The molecule has 0 saturated carbocycles. The summed E-state index contributed by atoms with van der Waals surface area (Å²) in [6.07, 6.45) is 1.21. The second-order valence-electron chi connectivity index (χ2n) is 3.05. The molecular weight excluding hydrogens is 294 g/mol. The quantitative estimate of drug-likeness (QED) is 0.759. The van der Waals surface area contributed by atoms with Crippen molar-refractivity contribution in [3.05, 3.63) is 29.8 Å². The van der Waals surface area contributed by atoms with E-state index in [1.165, 1.54) is 24.2 Å². The van der Waals surface area contributed by atoms with Gasteiger partial charge in [-0.15, -0.1) is 17.0 Å². The molecule has 13 heavy (non-hydrogen) atoms. The van der Waals surface area contributed by atoms with Gasteiger partial charge in [0.05, 0.1) is 0 Å². The highest BCUT2D eigenvalue weighted by Gasteiger charge is 2.16. The number of hydrogen-bond donors (Lipinski definition) is 0. The van der Waals surface area contributed by atoms with Gasteiger partial charge in [-0.25, -0.2) is 0 Å². The van der Waals surface area contributed by atoms with Crippen molar-refractivity contribution >= 4 is 38.6 Å². The molecule has 1 aromatic carbocycles. The van der Waals surface area contributed by atoms with Crippen LogP contribution in [-0.2, 0) is 6.42 Å². The van der Waals surface area contributed by atoms with Crippen LogP contribution in [0.4, 0.5) is 5.69 Å². The van der Waals surface area contributed by atoms with Gasteiger partial charge in [0.1, 0.15) is 0 Å². The van der Waals surface area contributed by atoms with Gasteiger partial charge in [0.15, 0.2) is 0 Å². The Labute approximate surface area is 98.0 Å². The summed E-state index contributed by atoms with van der Waals surface area (Å²) >= 11 is 3.47. The highest BCUT2D eigenvalue weighted by molar-refractivity contribution is 9.09. The van der Waals surface area contributed by atoms with Gasteiger partial charge in [0.2, 0.25) is 0 Å². The monoisotopic (exact) mass is 305 g/mol. The summed E-state index contributed by atoms with van der Waals surface area (Å²) in [5.41, 5.74) is 2.93. The van der Waals surface area contributed by atoms with Gasteiger partial charge < -0.3 is 4.90 Å². The highest BCUT2D eigenvalue weighted by Crippen LogP contribution is 2.26. The first-order chi connectivity index (χ1) is 5.92. The summed E-state index contributed by atoms with van der Waals surface area (Å²) in [5.74, 6) is 0. The number of rotatable bonds is 2. The third-order valence-corrected chi connectivity index (χ3v) is 2.69. The molecule has 1 heterocycles. The van der Waals surface area contributed by atoms with Crippen molar-refractivity contribution in [3.8, 4) is 0 Å². The van der Waals surface area contributed by atoms with Gasteiger partial charge >= 0.3 is 0 Å². The molecule has 0 bridgehead atoms. The van der Waals surface area contributed by atoms with E-state index in [1.54, 1.807) is 0 Å². The van der Waals surface area contributed by atoms with E-state index >= 15 is 0 Å².